The normalized spacial score (nSPS) is 48.9. The van der Waals surface area contributed by atoms with Gasteiger partial charge in [0, 0.05) is 29.6 Å². The fourth-order valence-electron chi connectivity index (χ4n) is 12.9. The van der Waals surface area contributed by atoms with Crippen LogP contribution in [0.25, 0.3) is 0 Å². The molecule has 2 aliphatic heterocycles. The third-order valence-corrected chi connectivity index (χ3v) is 15.9. The number of carboxylic acids is 1. The Balaban J connectivity index is 1.34. The van der Waals surface area contributed by atoms with Gasteiger partial charge in [0.25, 0.3) is 0 Å². The molecule has 2 heterocycles. The molecule has 0 aromatic carbocycles. The summed E-state index contributed by atoms with van der Waals surface area (Å²) in [7, 11) is 2.08. The van der Waals surface area contributed by atoms with Crippen molar-refractivity contribution >= 4 is 5.97 Å². The first-order valence-electron chi connectivity index (χ1n) is 18.0. The highest BCUT2D eigenvalue weighted by molar-refractivity contribution is 5.73. The van der Waals surface area contributed by atoms with Gasteiger partial charge < -0.3 is 24.6 Å². The summed E-state index contributed by atoms with van der Waals surface area (Å²) in [5, 5.41) is 14.6. The molecule has 6 rings (SSSR count). The van der Waals surface area contributed by atoms with E-state index in [9.17, 15) is 9.90 Å². The van der Waals surface area contributed by atoms with Crippen molar-refractivity contribution in [2.24, 2.45) is 62.6 Å². The van der Waals surface area contributed by atoms with Crippen LogP contribution in [0.2, 0.25) is 0 Å². The number of hydrogen-bond donors (Lipinski definition) is 2. The predicted molar refractivity (Wildman–Crippen MR) is 174 cm³/mol. The summed E-state index contributed by atoms with van der Waals surface area (Å²) in [5.74, 6) is 1.28. The Morgan fingerprint density at radius 3 is 2.36 bits per heavy atom. The predicted octanol–water partition coefficient (Wildman–Crippen LogP) is 7.36. The van der Waals surface area contributed by atoms with Gasteiger partial charge in [0.1, 0.15) is 0 Å². The van der Waals surface area contributed by atoms with Gasteiger partial charge in [0.2, 0.25) is 0 Å². The van der Waals surface area contributed by atoms with Gasteiger partial charge in [-0.05, 0) is 104 Å². The summed E-state index contributed by atoms with van der Waals surface area (Å²) in [4.78, 5) is 13.3. The fourth-order valence-corrected chi connectivity index (χ4v) is 12.9. The van der Waals surface area contributed by atoms with E-state index in [1.165, 1.54) is 6.42 Å². The maximum atomic E-state index is 13.3. The SMILES string of the molecule is CNC1(CO[C@H]2[C@H](C)C[C@@]34COC[C@@]2(C)[C@@H]3CC[C@H]2C4=CC[C@@]3(C)[C@H](C(=O)O)[C@@](C)([C@H](C)C(C)C)CC[C@]23C)CCOCC1. The van der Waals surface area contributed by atoms with E-state index >= 15 is 0 Å². The first kappa shape index (κ1) is 33.0. The van der Waals surface area contributed by atoms with Gasteiger partial charge in [0.15, 0.2) is 0 Å². The second-order valence-electron chi connectivity index (χ2n) is 17.9. The average molecular weight is 614 g/mol. The summed E-state index contributed by atoms with van der Waals surface area (Å²) in [6.45, 7) is 22.8. The third kappa shape index (κ3) is 4.42. The maximum Gasteiger partial charge on any atom is 0.307 e. The molecule has 0 radical (unpaired) electrons. The van der Waals surface area contributed by atoms with E-state index in [-0.39, 0.29) is 44.6 Å². The van der Waals surface area contributed by atoms with E-state index < -0.39 is 5.97 Å². The van der Waals surface area contributed by atoms with Crippen LogP contribution in [0, 0.1) is 62.6 Å². The monoisotopic (exact) mass is 613 g/mol. The second kappa shape index (κ2) is 11.1. The van der Waals surface area contributed by atoms with Crippen LogP contribution in [0.5, 0.6) is 0 Å². The molecule has 5 fully saturated rings. The minimum Gasteiger partial charge on any atom is -0.481 e. The smallest absolute Gasteiger partial charge is 0.307 e. The molecule has 2 N–H and O–H groups in total. The van der Waals surface area contributed by atoms with Crippen LogP contribution in [0.1, 0.15) is 107 Å². The van der Waals surface area contributed by atoms with E-state index in [0.717, 1.165) is 78.0 Å². The Morgan fingerprint density at radius 2 is 1.73 bits per heavy atom. The van der Waals surface area contributed by atoms with Crippen molar-refractivity contribution in [3.8, 4) is 0 Å². The molecule has 250 valence electrons. The van der Waals surface area contributed by atoms with Crippen molar-refractivity contribution in [3.05, 3.63) is 11.6 Å². The molecule has 6 nitrogen and oxygen atoms in total. The van der Waals surface area contributed by atoms with Gasteiger partial charge in [-0.1, -0.05) is 67.0 Å². The molecular formula is C38H63NO5. The zero-order valence-corrected chi connectivity index (χ0v) is 29.4. The number of carbonyl (C=O) groups is 1. The molecule has 0 spiro atoms. The number of likely N-dealkylation sites (N-methyl/N-ethyl adjacent to an activating group) is 1. The van der Waals surface area contributed by atoms with Crippen LogP contribution in [0.15, 0.2) is 11.6 Å². The van der Waals surface area contributed by atoms with E-state index in [1.807, 2.05) is 0 Å². The molecule has 11 atom stereocenters. The highest BCUT2D eigenvalue weighted by Gasteiger charge is 2.71. The Kier molecular flexibility index (Phi) is 8.29. The van der Waals surface area contributed by atoms with Crippen LogP contribution in [-0.4, -0.2) is 62.8 Å². The minimum absolute atomic E-state index is 0.00970. The lowest BCUT2D eigenvalue weighted by molar-refractivity contribution is -0.254. The molecule has 44 heavy (non-hydrogen) atoms. The molecule has 3 saturated carbocycles. The maximum absolute atomic E-state index is 13.3. The van der Waals surface area contributed by atoms with Gasteiger partial charge in [-0.2, -0.15) is 0 Å². The molecule has 2 bridgehead atoms. The second-order valence-corrected chi connectivity index (χ2v) is 17.9. The number of ether oxygens (including phenoxy) is 3. The van der Waals surface area contributed by atoms with Gasteiger partial charge in [0.05, 0.1) is 31.8 Å². The van der Waals surface area contributed by atoms with Crippen LogP contribution in [0.4, 0.5) is 0 Å². The number of allylic oxidation sites excluding steroid dienone is 1. The lowest BCUT2D eigenvalue weighted by Crippen LogP contribution is -2.69. The topological polar surface area (TPSA) is 77.0 Å². The van der Waals surface area contributed by atoms with Crippen molar-refractivity contribution < 1.29 is 24.1 Å². The van der Waals surface area contributed by atoms with Crippen LogP contribution in [0.3, 0.4) is 0 Å². The zero-order chi connectivity index (χ0) is 31.9. The molecule has 6 heteroatoms. The van der Waals surface area contributed by atoms with E-state index in [0.29, 0.717) is 29.6 Å². The molecule has 4 aliphatic carbocycles. The third-order valence-electron chi connectivity index (χ3n) is 15.9. The molecule has 6 aliphatic rings. The summed E-state index contributed by atoms with van der Waals surface area (Å²) < 4.78 is 19.4. The largest absolute Gasteiger partial charge is 0.481 e. The standard InChI is InChI=1S/C38H63NO5/c1-24(2)26(4)33(5)14-15-35(7)27-10-11-29-34(6)21-43-23-38(29,28(27)12-13-36(35,8)30(33)32(40)41)20-25(3)31(34)44-22-37(39-9)16-18-42-19-17-37/h12,24-27,29-31,39H,10-11,13-23H2,1-9H3,(H,40,41)/t25-,26-,27+,29+,30-,31+,33-,34+,35-,36+,38+/m1/s1. The summed E-state index contributed by atoms with van der Waals surface area (Å²) >= 11 is 0. The van der Waals surface area contributed by atoms with Crippen LogP contribution >= 0.6 is 0 Å². The van der Waals surface area contributed by atoms with Crippen molar-refractivity contribution in [2.75, 3.05) is 40.1 Å². The number of nitrogens with one attached hydrogen (secondary N) is 1. The highest BCUT2D eigenvalue weighted by Crippen LogP contribution is 2.75. The minimum atomic E-state index is -0.583. The number of hydrogen-bond acceptors (Lipinski definition) is 5. The summed E-state index contributed by atoms with van der Waals surface area (Å²) in [6.07, 6.45) is 11.1. The Morgan fingerprint density at radius 1 is 1.02 bits per heavy atom. The quantitative estimate of drug-likeness (QED) is 0.292. The molecule has 0 aromatic rings. The lowest BCUT2D eigenvalue weighted by atomic mass is 9.34. The molecule has 0 aromatic heterocycles. The first-order valence-corrected chi connectivity index (χ1v) is 18.0. The Labute approximate surface area is 267 Å². The van der Waals surface area contributed by atoms with Gasteiger partial charge in [-0.25, -0.2) is 0 Å². The van der Waals surface area contributed by atoms with Gasteiger partial charge >= 0.3 is 5.97 Å². The van der Waals surface area contributed by atoms with Gasteiger partial charge in [-0.15, -0.1) is 0 Å². The lowest BCUT2D eigenvalue weighted by Gasteiger charge is -2.71. The van der Waals surface area contributed by atoms with Crippen LogP contribution in [-0.2, 0) is 19.0 Å². The molecule has 0 amide bonds. The summed E-state index contributed by atoms with van der Waals surface area (Å²) in [5.41, 5.74) is 1.09. The van der Waals surface area contributed by atoms with Crippen molar-refractivity contribution in [1.29, 1.82) is 0 Å². The van der Waals surface area contributed by atoms with E-state index in [1.54, 1.807) is 5.57 Å². The van der Waals surface area contributed by atoms with E-state index in [2.05, 4.69) is 73.8 Å². The molecular weight excluding hydrogens is 550 g/mol. The number of aliphatic carboxylic acids is 1. The molecule has 2 saturated heterocycles. The zero-order valence-electron chi connectivity index (χ0n) is 29.4. The van der Waals surface area contributed by atoms with E-state index in [4.69, 9.17) is 14.2 Å². The highest BCUT2D eigenvalue weighted by atomic mass is 16.5. The van der Waals surface area contributed by atoms with Gasteiger partial charge in [-0.3, -0.25) is 4.79 Å². The average Bonchev–Trinajstić information content (AvgIpc) is 2.97. The Hall–Kier alpha value is -0.950. The number of carboxylic acid groups (broad SMARTS) is 1. The van der Waals surface area contributed by atoms with Crippen molar-refractivity contribution in [1.82, 2.24) is 5.32 Å². The summed E-state index contributed by atoms with van der Waals surface area (Å²) in [6, 6.07) is 0. The number of fused-ring (bicyclic) bond motifs is 3. The first-order chi connectivity index (χ1) is 20.6. The molecule has 0 unspecified atom stereocenters. The fraction of sp³-hybridized carbons (Fsp3) is 0.921. The van der Waals surface area contributed by atoms with Crippen molar-refractivity contribution in [2.45, 2.75) is 118 Å². The van der Waals surface area contributed by atoms with Crippen LogP contribution < -0.4 is 5.32 Å². The Bertz CT molecular complexity index is 1150. The number of rotatable bonds is 7. The van der Waals surface area contributed by atoms with Crippen molar-refractivity contribution in [3.63, 3.8) is 0 Å².